The van der Waals surface area contributed by atoms with E-state index < -0.39 is 12.3 Å². The first kappa shape index (κ1) is 43.2. The maximum absolute atomic E-state index is 12.2. The summed E-state index contributed by atoms with van der Waals surface area (Å²) < 4.78 is 13.8. The Morgan fingerprint density at radius 3 is 1.94 bits per heavy atom. The van der Waals surface area contributed by atoms with E-state index in [-0.39, 0.29) is 43.5 Å². The minimum atomic E-state index is -0.983. The first-order valence-corrected chi connectivity index (χ1v) is 20.7. The van der Waals surface area contributed by atoms with Crippen molar-refractivity contribution in [2.24, 2.45) is 5.92 Å². The fraction of sp³-hybridized carbons (Fsp3) is 0.565. The number of carbonyl (C=O) groups excluding carboxylic acids is 1. The Morgan fingerprint density at radius 2 is 1.31 bits per heavy atom. The van der Waals surface area contributed by atoms with Gasteiger partial charge < -0.3 is 29.9 Å². The molecule has 1 aliphatic rings. The summed E-state index contributed by atoms with van der Waals surface area (Å²) >= 11 is 0. The summed E-state index contributed by atoms with van der Waals surface area (Å²) in [4.78, 5) is 25.7. The highest BCUT2D eigenvalue weighted by molar-refractivity contribution is 5.80. The quantitative estimate of drug-likeness (QED) is 0.0742. The lowest BCUT2D eigenvalue weighted by atomic mass is 9.89. The van der Waals surface area contributed by atoms with E-state index in [4.69, 9.17) is 14.6 Å². The zero-order valence-electron chi connectivity index (χ0n) is 33.1. The standard InChI is InChI=1S/C46H66N2O6/c1-4-6-8-10-12-14-28-48(29-15-13-11-9-7-5-2)33-42-35(3)45(38-24-22-36(34-49)23-25-38)54-46(53-42)41-21-17-20-40(31-41)39-19-16-18-37(30-39)32-47-43(50)26-27-44(51)52/h16-25,30-31,35,42,45-46,49H,4-15,26-29,32-34H2,1-3H3,(H,47,50)(H,51,52)/t35-,42+,45+,46+/m0/s1. The molecule has 0 aliphatic carbocycles. The van der Waals surface area contributed by atoms with Gasteiger partial charge in [0.05, 0.1) is 25.2 Å². The number of unbranched alkanes of at least 4 members (excludes halogenated alkanes) is 10. The number of ether oxygens (including phenoxy) is 2. The summed E-state index contributed by atoms with van der Waals surface area (Å²) in [5, 5.41) is 21.5. The molecule has 0 aromatic heterocycles. The number of aliphatic hydroxyl groups is 1. The van der Waals surface area contributed by atoms with Gasteiger partial charge in [0.15, 0.2) is 6.29 Å². The Kier molecular flexibility index (Phi) is 19.2. The second-order valence-electron chi connectivity index (χ2n) is 15.2. The fourth-order valence-electron chi connectivity index (χ4n) is 7.34. The van der Waals surface area contributed by atoms with Gasteiger partial charge in [-0.25, -0.2) is 0 Å². The number of aliphatic hydroxyl groups excluding tert-OH is 1. The molecule has 1 saturated heterocycles. The van der Waals surface area contributed by atoms with Crippen molar-refractivity contribution in [1.82, 2.24) is 10.2 Å². The predicted octanol–water partition coefficient (Wildman–Crippen LogP) is 10.1. The lowest BCUT2D eigenvalue weighted by Gasteiger charge is -2.43. The third kappa shape index (κ3) is 14.6. The second kappa shape index (κ2) is 24.1. The molecule has 8 heteroatoms. The summed E-state index contributed by atoms with van der Waals surface area (Å²) in [6.45, 7) is 10.1. The number of carboxylic acid groups (broad SMARTS) is 1. The number of nitrogens with zero attached hydrogens (tertiary/aromatic N) is 1. The molecule has 4 rings (SSSR count). The highest BCUT2D eigenvalue weighted by Gasteiger charge is 2.39. The van der Waals surface area contributed by atoms with Crippen molar-refractivity contribution in [3.05, 3.63) is 95.1 Å². The fourth-order valence-corrected chi connectivity index (χ4v) is 7.34. The van der Waals surface area contributed by atoms with E-state index in [1.54, 1.807) is 0 Å². The van der Waals surface area contributed by atoms with Crippen LogP contribution in [0.2, 0.25) is 0 Å². The Balaban J connectivity index is 1.53. The number of aliphatic carboxylic acids is 1. The van der Waals surface area contributed by atoms with Gasteiger partial charge in [-0.05, 0) is 65.9 Å². The normalized spacial score (nSPS) is 18.5. The van der Waals surface area contributed by atoms with E-state index in [0.29, 0.717) is 6.54 Å². The molecule has 1 heterocycles. The molecule has 1 amide bonds. The third-order valence-corrected chi connectivity index (χ3v) is 10.7. The van der Waals surface area contributed by atoms with Gasteiger partial charge in [-0.1, -0.05) is 146 Å². The van der Waals surface area contributed by atoms with E-state index in [1.807, 2.05) is 30.3 Å². The molecular weight excluding hydrogens is 677 g/mol. The number of hydrogen-bond acceptors (Lipinski definition) is 6. The van der Waals surface area contributed by atoms with Crippen molar-refractivity contribution in [2.75, 3.05) is 19.6 Å². The number of amides is 1. The van der Waals surface area contributed by atoms with Crippen LogP contribution in [0.25, 0.3) is 11.1 Å². The molecule has 0 saturated carbocycles. The number of nitrogens with one attached hydrogen (secondary N) is 1. The zero-order valence-corrected chi connectivity index (χ0v) is 33.1. The Hall–Kier alpha value is -3.56. The van der Waals surface area contributed by atoms with Crippen LogP contribution in [0.3, 0.4) is 0 Å². The molecule has 4 atom stereocenters. The maximum atomic E-state index is 12.2. The molecule has 0 bridgehead atoms. The molecule has 3 N–H and O–H groups in total. The molecule has 0 unspecified atom stereocenters. The molecular formula is C46H66N2O6. The summed E-state index contributed by atoms with van der Waals surface area (Å²) in [6.07, 6.45) is 14.4. The van der Waals surface area contributed by atoms with E-state index >= 15 is 0 Å². The first-order valence-electron chi connectivity index (χ1n) is 20.7. The van der Waals surface area contributed by atoms with Crippen molar-refractivity contribution >= 4 is 11.9 Å². The topological polar surface area (TPSA) is 108 Å². The van der Waals surface area contributed by atoms with E-state index in [9.17, 15) is 14.7 Å². The summed E-state index contributed by atoms with van der Waals surface area (Å²) in [5.74, 6) is -1.15. The number of carbonyl (C=O) groups is 2. The number of carboxylic acids is 1. The highest BCUT2D eigenvalue weighted by atomic mass is 16.7. The van der Waals surface area contributed by atoms with Gasteiger partial charge in [-0.3, -0.25) is 9.59 Å². The van der Waals surface area contributed by atoms with Gasteiger partial charge in [0.2, 0.25) is 5.91 Å². The van der Waals surface area contributed by atoms with E-state index in [1.165, 1.54) is 77.0 Å². The molecule has 1 aliphatic heterocycles. The number of rotatable bonds is 25. The Bertz CT molecular complexity index is 1510. The van der Waals surface area contributed by atoms with Crippen LogP contribution in [-0.2, 0) is 32.2 Å². The van der Waals surface area contributed by atoms with Crippen LogP contribution in [0.5, 0.6) is 0 Å². The van der Waals surface area contributed by atoms with Gasteiger partial charge in [-0.15, -0.1) is 0 Å². The smallest absolute Gasteiger partial charge is 0.303 e. The Labute approximate surface area is 324 Å². The van der Waals surface area contributed by atoms with E-state index in [0.717, 1.165) is 53.0 Å². The van der Waals surface area contributed by atoms with Crippen LogP contribution in [0, 0.1) is 5.92 Å². The van der Waals surface area contributed by atoms with Gasteiger partial charge in [0.1, 0.15) is 0 Å². The zero-order chi connectivity index (χ0) is 38.5. The van der Waals surface area contributed by atoms with Gasteiger partial charge in [0, 0.05) is 31.0 Å². The molecule has 0 spiro atoms. The van der Waals surface area contributed by atoms with Gasteiger partial charge >= 0.3 is 5.97 Å². The SMILES string of the molecule is CCCCCCCCN(CCCCCCCC)C[C@H]1O[C@@H](c2cccc(-c3cccc(CNC(=O)CCC(=O)O)c3)c2)O[C@@H](c2ccc(CO)cc2)[C@H]1C. The number of hydrogen-bond donors (Lipinski definition) is 3. The maximum Gasteiger partial charge on any atom is 0.303 e. The highest BCUT2D eigenvalue weighted by Crippen LogP contribution is 2.42. The molecule has 1 fully saturated rings. The molecule has 3 aromatic carbocycles. The van der Waals surface area contributed by atoms with Gasteiger partial charge in [-0.2, -0.15) is 0 Å². The van der Waals surface area contributed by atoms with Gasteiger partial charge in [0.25, 0.3) is 0 Å². The summed E-state index contributed by atoms with van der Waals surface area (Å²) in [7, 11) is 0. The van der Waals surface area contributed by atoms with Crippen LogP contribution in [0.15, 0.2) is 72.8 Å². The van der Waals surface area contributed by atoms with Crippen molar-refractivity contribution < 1.29 is 29.3 Å². The minimum Gasteiger partial charge on any atom is -0.481 e. The largest absolute Gasteiger partial charge is 0.481 e. The minimum absolute atomic E-state index is 0.00660. The average Bonchev–Trinajstić information content (AvgIpc) is 3.19. The molecule has 0 radical (unpaired) electrons. The third-order valence-electron chi connectivity index (χ3n) is 10.7. The Morgan fingerprint density at radius 1 is 0.704 bits per heavy atom. The average molecular weight is 743 g/mol. The summed E-state index contributed by atoms with van der Waals surface area (Å²) in [6, 6.07) is 24.5. The lowest BCUT2D eigenvalue weighted by molar-refractivity contribution is -0.276. The van der Waals surface area contributed by atoms with Crippen molar-refractivity contribution in [3.8, 4) is 11.1 Å². The van der Waals surface area contributed by atoms with Crippen LogP contribution in [0.1, 0.15) is 145 Å². The van der Waals surface area contributed by atoms with Crippen molar-refractivity contribution in [2.45, 2.75) is 142 Å². The first-order chi connectivity index (χ1) is 26.3. The van der Waals surface area contributed by atoms with E-state index in [2.05, 4.69) is 73.5 Å². The number of benzene rings is 3. The van der Waals surface area contributed by atoms with Crippen LogP contribution < -0.4 is 5.32 Å². The van der Waals surface area contributed by atoms with Crippen LogP contribution in [0.4, 0.5) is 0 Å². The van der Waals surface area contributed by atoms with Crippen LogP contribution in [-0.4, -0.2) is 52.7 Å². The summed E-state index contributed by atoms with van der Waals surface area (Å²) in [5.41, 5.74) is 5.88. The van der Waals surface area contributed by atoms with Crippen LogP contribution >= 0.6 is 0 Å². The van der Waals surface area contributed by atoms with Crippen molar-refractivity contribution in [3.63, 3.8) is 0 Å². The van der Waals surface area contributed by atoms with Crippen molar-refractivity contribution in [1.29, 1.82) is 0 Å². The lowest BCUT2D eigenvalue weighted by Crippen LogP contribution is -2.45. The monoisotopic (exact) mass is 742 g/mol. The second-order valence-corrected chi connectivity index (χ2v) is 15.2. The molecule has 8 nitrogen and oxygen atoms in total. The predicted molar refractivity (Wildman–Crippen MR) is 217 cm³/mol. The molecule has 3 aromatic rings. The molecule has 54 heavy (non-hydrogen) atoms. The molecule has 296 valence electrons.